The van der Waals surface area contributed by atoms with Gasteiger partial charge in [0.25, 0.3) is 0 Å². The lowest BCUT2D eigenvalue weighted by atomic mass is 9.89. The first-order valence-corrected chi connectivity index (χ1v) is 5.66. The highest BCUT2D eigenvalue weighted by Gasteiger charge is 2.46. The molecule has 0 radical (unpaired) electrons. The van der Waals surface area contributed by atoms with Crippen molar-refractivity contribution in [2.24, 2.45) is 5.92 Å². The monoisotopic (exact) mass is 237 g/mol. The molecule has 1 aromatic rings. The lowest BCUT2D eigenvalue weighted by molar-refractivity contribution is -0.117. The van der Waals surface area contributed by atoms with Crippen LogP contribution in [0.2, 0.25) is 0 Å². The van der Waals surface area contributed by atoms with Gasteiger partial charge in [-0.3, -0.25) is 4.79 Å². The third-order valence-electron chi connectivity index (χ3n) is 3.53. The van der Waals surface area contributed by atoms with Crippen LogP contribution in [0.3, 0.4) is 0 Å². The van der Waals surface area contributed by atoms with Crippen LogP contribution in [0.4, 0.5) is 10.1 Å². The lowest BCUT2D eigenvalue weighted by Gasteiger charge is -2.35. The smallest absolute Gasteiger partial charge is 0.227 e. The normalized spacial score (nSPS) is 23.2. The zero-order chi connectivity index (χ0) is 12.6. The number of nitrogens with zero attached hydrogens (tertiary/aromatic N) is 1. The van der Waals surface area contributed by atoms with E-state index in [9.17, 15) is 14.3 Å². The highest BCUT2D eigenvalue weighted by molar-refractivity contribution is 5.97. The maximum absolute atomic E-state index is 13.2. The van der Waals surface area contributed by atoms with Crippen LogP contribution in [-0.2, 0) is 4.79 Å². The number of carbonyl (C=O) groups is 1. The number of hydrogen-bond acceptors (Lipinski definition) is 2. The molecule has 1 unspecified atom stereocenters. The van der Waals surface area contributed by atoms with Gasteiger partial charge in [-0.15, -0.1) is 0 Å². The Kier molecular flexibility index (Phi) is 2.91. The predicted molar refractivity (Wildman–Crippen MR) is 63.2 cm³/mol. The molecule has 0 bridgehead atoms. The summed E-state index contributed by atoms with van der Waals surface area (Å²) in [6.07, 6.45) is 0.306. The van der Waals surface area contributed by atoms with Crippen molar-refractivity contribution in [3.63, 3.8) is 0 Å². The van der Waals surface area contributed by atoms with Crippen LogP contribution < -0.4 is 4.90 Å². The Bertz CT molecular complexity index is 445. The number of rotatable bonds is 2. The molecule has 3 nitrogen and oxygen atoms in total. The molecule has 1 saturated heterocycles. The minimum atomic E-state index is -0.486. The van der Waals surface area contributed by atoms with E-state index >= 15 is 0 Å². The lowest BCUT2D eigenvalue weighted by Crippen LogP contribution is -2.45. The first kappa shape index (κ1) is 12.0. The number of anilines is 1. The average molecular weight is 237 g/mol. The van der Waals surface area contributed by atoms with Gasteiger partial charge in [0.1, 0.15) is 5.82 Å². The van der Waals surface area contributed by atoms with Crippen molar-refractivity contribution in [3.8, 4) is 0 Å². The van der Waals surface area contributed by atoms with Crippen molar-refractivity contribution in [1.82, 2.24) is 0 Å². The minimum Gasteiger partial charge on any atom is -0.396 e. The summed E-state index contributed by atoms with van der Waals surface area (Å²) in [6, 6.07) is 5.99. The third kappa shape index (κ3) is 1.93. The second-order valence-corrected chi connectivity index (χ2v) is 4.95. The summed E-state index contributed by atoms with van der Waals surface area (Å²) in [5.74, 6) is -0.545. The fraction of sp³-hybridized carbons (Fsp3) is 0.462. The first-order valence-electron chi connectivity index (χ1n) is 5.66. The van der Waals surface area contributed by atoms with Gasteiger partial charge < -0.3 is 10.0 Å². The molecule has 1 heterocycles. The van der Waals surface area contributed by atoms with Crippen molar-refractivity contribution in [3.05, 3.63) is 30.1 Å². The van der Waals surface area contributed by atoms with Gasteiger partial charge in [0.2, 0.25) is 5.91 Å². The van der Waals surface area contributed by atoms with Gasteiger partial charge in [-0.05, 0) is 32.0 Å². The molecule has 2 rings (SSSR count). The molecule has 17 heavy (non-hydrogen) atoms. The molecule has 1 aromatic carbocycles. The summed E-state index contributed by atoms with van der Waals surface area (Å²) in [7, 11) is 0. The van der Waals surface area contributed by atoms with E-state index < -0.39 is 5.54 Å². The molecular formula is C13H16FNO2. The zero-order valence-corrected chi connectivity index (χ0v) is 9.98. The number of aliphatic hydroxyl groups excluding tert-OH is 1. The molecule has 1 amide bonds. The highest BCUT2D eigenvalue weighted by Crippen LogP contribution is 2.38. The average Bonchev–Trinajstić information content (AvgIpc) is 2.48. The Hall–Kier alpha value is -1.42. The molecule has 1 aliphatic heterocycles. The van der Waals surface area contributed by atoms with Crippen LogP contribution in [0.15, 0.2) is 24.3 Å². The molecule has 1 N–H and O–H groups in total. The molecule has 0 aliphatic carbocycles. The Morgan fingerprint density at radius 1 is 1.53 bits per heavy atom. The summed E-state index contributed by atoms with van der Waals surface area (Å²) in [5, 5.41) is 9.29. The van der Waals surface area contributed by atoms with Crippen LogP contribution in [0.1, 0.15) is 20.3 Å². The maximum atomic E-state index is 13.2. The highest BCUT2D eigenvalue weighted by atomic mass is 19.1. The molecule has 1 atom stereocenters. The summed E-state index contributed by atoms with van der Waals surface area (Å²) < 4.78 is 13.2. The molecule has 1 aliphatic rings. The van der Waals surface area contributed by atoms with Crippen LogP contribution in [0.5, 0.6) is 0 Å². The van der Waals surface area contributed by atoms with Gasteiger partial charge in [0.05, 0.1) is 0 Å². The van der Waals surface area contributed by atoms with Crippen molar-refractivity contribution < 1.29 is 14.3 Å². The maximum Gasteiger partial charge on any atom is 0.227 e. The Morgan fingerprint density at radius 2 is 2.24 bits per heavy atom. The number of amides is 1. The molecule has 4 heteroatoms. The Balaban J connectivity index is 2.41. The number of benzene rings is 1. The second-order valence-electron chi connectivity index (χ2n) is 4.95. The van der Waals surface area contributed by atoms with E-state index in [0.29, 0.717) is 12.1 Å². The zero-order valence-electron chi connectivity index (χ0n) is 9.98. The van der Waals surface area contributed by atoms with E-state index in [1.165, 1.54) is 12.1 Å². The molecular weight excluding hydrogens is 221 g/mol. The largest absolute Gasteiger partial charge is 0.396 e. The van der Waals surface area contributed by atoms with E-state index in [0.717, 1.165) is 0 Å². The van der Waals surface area contributed by atoms with Gasteiger partial charge in [0.15, 0.2) is 0 Å². The summed E-state index contributed by atoms with van der Waals surface area (Å²) >= 11 is 0. The van der Waals surface area contributed by atoms with E-state index in [2.05, 4.69) is 0 Å². The number of hydrogen-bond donors (Lipinski definition) is 1. The van der Waals surface area contributed by atoms with Gasteiger partial charge in [-0.25, -0.2) is 4.39 Å². The molecule has 92 valence electrons. The van der Waals surface area contributed by atoms with Crippen molar-refractivity contribution in [1.29, 1.82) is 0 Å². The number of carbonyl (C=O) groups excluding carboxylic acids is 1. The van der Waals surface area contributed by atoms with Crippen molar-refractivity contribution in [2.75, 3.05) is 11.5 Å². The molecule has 0 aromatic heterocycles. The van der Waals surface area contributed by atoms with E-state index in [-0.39, 0.29) is 24.2 Å². The minimum absolute atomic E-state index is 0.0371. The van der Waals surface area contributed by atoms with Gasteiger partial charge in [-0.1, -0.05) is 6.07 Å². The van der Waals surface area contributed by atoms with E-state index in [1.54, 1.807) is 17.0 Å². The van der Waals surface area contributed by atoms with Crippen LogP contribution in [0.25, 0.3) is 0 Å². The number of aliphatic hydroxyl groups is 1. The fourth-order valence-corrected chi connectivity index (χ4v) is 2.44. The van der Waals surface area contributed by atoms with Crippen LogP contribution in [-0.4, -0.2) is 23.2 Å². The Labute approximate surface area is 99.9 Å². The summed E-state index contributed by atoms with van der Waals surface area (Å²) in [6.45, 7) is 3.75. The standard InChI is InChI=1S/C13H16FNO2/c1-13(2)9(8-16)6-12(17)15(13)11-5-3-4-10(14)7-11/h3-5,7,9,16H,6,8H2,1-2H3. The quantitative estimate of drug-likeness (QED) is 0.854. The SMILES string of the molecule is CC1(C)C(CO)CC(=O)N1c1cccc(F)c1. The molecule has 0 saturated carbocycles. The molecule has 0 spiro atoms. The van der Waals surface area contributed by atoms with Gasteiger partial charge in [0, 0.05) is 30.2 Å². The first-order chi connectivity index (χ1) is 7.96. The van der Waals surface area contributed by atoms with Gasteiger partial charge in [-0.2, -0.15) is 0 Å². The Morgan fingerprint density at radius 3 is 2.76 bits per heavy atom. The number of halogens is 1. The predicted octanol–water partition coefficient (Wildman–Crippen LogP) is 1.95. The summed E-state index contributed by atoms with van der Waals surface area (Å²) in [4.78, 5) is 13.5. The van der Waals surface area contributed by atoms with E-state index in [4.69, 9.17) is 0 Å². The van der Waals surface area contributed by atoms with Crippen LogP contribution >= 0.6 is 0 Å². The van der Waals surface area contributed by atoms with Gasteiger partial charge >= 0.3 is 0 Å². The third-order valence-corrected chi connectivity index (χ3v) is 3.53. The van der Waals surface area contributed by atoms with Crippen molar-refractivity contribution in [2.45, 2.75) is 25.8 Å². The van der Waals surface area contributed by atoms with Crippen LogP contribution in [0, 0.1) is 11.7 Å². The second kappa shape index (κ2) is 4.11. The topological polar surface area (TPSA) is 40.5 Å². The summed E-state index contributed by atoms with van der Waals surface area (Å²) in [5.41, 5.74) is 0.0653. The fourth-order valence-electron chi connectivity index (χ4n) is 2.44. The molecule has 1 fully saturated rings. The van der Waals surface area contributed by atoms with Crippen molar-refractivity contribution >= 4 is 11.6 Å². The van der Waals surface area contributed by atoms with E-state index in [1.807, 2.05) is 13.8 Å².